The zero-order valence-corrected chi connectivity index (χ0v) is 16.7. The molecule has 28 heavy (non-hydrogen) atoms. The molecular weight excluding hydrogens is 376 g/mol. The molecule has 2 N–H and O–H groups in total. The summed E-state index contributed by atoms with van der Waals surface area (Å²) in [6.45, 7) is 4.39. The van der Waals surface area contributed by atoms with E-state index in [-0.39, 0.29) is 17.0 Å². The number of nitrogens with zero attached hydrogens (tertiary/aromatic N) is 4. The zero-order valence-electron chi connectivity index (χ0n) is 15.9. The molecule has 0 saturated carbocycles. The van der Waals surface area contributed by atoms with Crippen molar-refractivity contribution in [2.75, 3.05) is 36.4 Å². The largest absolute Gasteiger partial charge is 0.356 e. The first-order valence-corrected chi connectivity index (χ1v) is 10.8. The lowest BCUT2D eigenvalue weighted by Gasteiger charge is -2.28. The highest BCUT2D eigenvalue weighted by Gasteiger charge is 2.18. The Morgan fingerprint density at radius 3 is 2.64 bits per heavy atom. The van der Waals surface area contributed by atoms with Crippen LogP contribution in [0, 0.1) is 18.3 Å². The van der Waals surface area contributed by atoms with Crippen LogP contribution in [0.25, 0.3) is 0 Å². The number of nitriles is 1. The van der Waals surface area contributed by atoms with Gasteiger partial charge in [-0.15, -0.1) is 0 Å². The Morgan fingerprint density at radius 1 is 1.14 bits per heavy atom. The molecular formula is C19H24N6O2S. The van der Waals surface area contributed by atoms with Crippen LogP contribution in [0.2, 0.25) is 0 Å². The third-order valence-corrected chi connectivity index (χ3v) is 6.04. The van der Waals surface area contributed by atoms with Crippen molar-refractivity contribution in [1.29, 1.82) is 5.26 Å². The highest BCUT2D eigenvalue weighted by atomic mass is 32.2. The van der Waals surface area contributed by atoms with Gasteiger partial charge in [0.25, 0.3) is 0 Å². The van der Waals surface area contributed by atoms with Gasteiger partial charge >= 0.3 is 0 Å². The van der Waals surface area contributed by atoms with Crippen molar-refractivity contribution >= 4 is 21.8 Å². The van der Waals surface area contributed by atoms with Crippen molar-refractivity contribution in [1.82, 2.24) is 14.7 Å². The second-order valence-corrected chi connectivity index (χ2v) is 8.41. The van der Waals surface area contributed by atoms with Crippen molar-refractivity contribution in [2.24, 2.45) is 0 Å². The minimum absolute atomic E-state index is 0.0170. The summed E-state index contributed by atoms with van der Waals surface area (Å²) in [5.41, 5.74) is 0.984. The molecule has 148 valence electrons. The number of aryl methyl sites for hydroxylation is 1. The molecule has 0 bridgehead atoms. The molecule has 0 radical (unpaired) electrons. The number of nitrogens with one attached hydrogen (secondary N) is 2. The van der Waals surface area contributed by atoms with Gasteiger partial charge in [-0.05, 0) is 38.3 Å². The minimum Gasteiger partial charge on any atom is -0.356 e. The van der Waals surface area contributed by atoms with Gasteiger partial charge in [-0.1, -0.05) is 12.1 Å². The predicted octanol–water partition coefficient (Wildman–Crippen LogP) is 2.04. The molecule has 3 rings (SSSR count). The molecule has 8 nitrogen and oxygen atoms in total. The van der Waals surface area contributed by atoms with E-state index in [0.717, 1.165) is 37.4 Å². The Bertz CT molecular complexity index is 965. The molecule has 0 spiro atoms. The van der Waals surface area contributed by atoms with Crippen molar-refractivity contribution in [2.45, 2.75) is 31.1 Å². The van der Waals surface area contributed by atoms with E-state index in [9.17, 15) is 8.42 Å². The van der Waals surface area contributed by atoms with Gasteiger partial charge in [0.05, 0.1) is 10.5 Å². The van der Waals surface area contributed by atoms with Crippen LogP contribution in [0.5, 0.6) is 0 Å². The van der Waals surface area contributed by atoms with Crippen LogP contribution in [0.15, 0.2) is 35.2 Å². The van der Waals surface area contributed by atoms with Crippen LogP contribution >= 0.6 is 0 Å². The van der Waals surface area contributed by atoms with E-state index < -0.39 is 10.0 Å². The van der Waals surface area contributed by atoms with Crippen molar-refractivity contribution in [3.05, 3.63) is 41.6 Å². The maximum atomic E-state index is 12.4. The second kappa shape index (κ2) is 8.99. The second-order valence-electron chi connectivity index (χ2n) is 6.67. The number of hydrogen-bond acceptors (Lipinski definition) is 7. The van der Waals surface area contributed by atoms with Crippen molar-refractivity contribution in [3.8, 4) is 6.07 Å². The van der Waals surface area contributed by atoms with Gasteiger partial charge in [0, 0.05) is 37.9 Å². The number of anilines is 2. The lowest BCUT2D eigenvalue weighted by Crippen LogP contribution is -2.31. The fourth-order valence-electron chi connectivity index (χ4n) is 3.15. The van der Waals surface area contributed by atoms with Gasteiger partial charge in [0.2, 0.25) is 16.0 Å². The molecule has 1 saturated heterocycles. The van der Waals surface area contributed by atoms with Crippen LogP contribution in [-0.2, 0) is 10.0 Å². The summed E-state index contributed by atoms with van der Waals surface area (Å²) in [5, 5.41) is 12.2. The van der Waals surface area contributed by atoms with Crippen molar-refractivity contribution in [3.63, 3.8) is 0 Å². The molecule has 1 aliphatic rings. The molecule has 1 aliphatic heterocycles. The maximum absolute atomic E-state index is 12.4. The molecule has 9 heteroatoms. The van der Waals surface area contributed by atoms with E-state index in [1.54, 1.807) is 12.1 Å². The summed E-state index contributed by atoms with van der Waals surface area (Å²) in [4.78, 5) is 11.2. The molecule has 1 aromatic heterocycles. The first kappa shape index (κ1) is 20.0. The molecule has 0 amide bonds. The van der Waals surface area contributed by atoms with Crippen LogP contribution < -0.4 is 14.9 Å². The lowest BCUT2D eigenvalue weighted by atomic mass is 10.1. The fraction of sp³-hybridized carbons (Fsp3) is 0.421. The molecule has 1 fully saturated rings. The highest BCUT2D eigenvalue weighted by Crippen LogP contribution is 2.19. The maximum Gasteiger partial charge on any atom is 0.241 e. The van der Waals surface area contributed by atoms with Crippen LogP contribution in [0.1, 0.15) is 30.5 Å². The van der Waals surface area contributed by atoms with E-state index >= 15 is 0 Å². The highest BCUT2D eigenvalue weighted by molar-refractivity contribution is 7.89. The number of hydrogen-bond donors (Lipinski definition) is 2. The Morgan fingerprint density at radius 2 is 1.89 bits per heavy atom. The molecule has 2 aromatic rings. The predicted molar refractivity (Wildman–Crippen MR) is 108 cm³/mol. The van der Waals surface area contributed by atoms with E-state index in [0.29, 0.717) is 12.5 Å². The van der Waals surface area contributed by atoms with Gasteiger partial charge in [-0.2, -0.15) is 10.2 Å². The first-order chi connectivity index (χ1) is 13.5. The van der Waals surface area contributed by atoms with Gasteiger partial charge in [-0.25, -0.2) is 18.1 Å². The van der Waals surface area contributed by atoms with E-state index in [4.69, 9.17) is 5.26 Å². The van der Waals surface area contributed by atoms with Crippen molar-refractivity contribution < 1.29 is 8.42 Å². The molecule has 1 aromatic carbocycles. The summed E-state index contributed by atoms with van der Waals surface area (Å²) in [6.07, 6.45) is 3.58. The van der Waals surface area contributed by atoms with Crippen LogP contribution in [0.3, 0.4) is 0 Å². The zero-order chi connectivity index (χ0) is 20.0. The summed E-state index contributed by atoms with van der Waals surface area (Å²) < 4.78 is 27.3. The summed E-state index contributed by atoms with van der Waals surface area (Å²) in [5.74, 6) is 1.38. The van der Waals surface area contributed by atoms with Gasteiger partial charge < -0.3 is 10.2 Å². The third-order valence-electron chi connectivity index (χ3n) is 4.52. The Balaban J connectivity index is 1.59. The number of rotatable bonds is 7. The number of benzene rings is 1. The summed E-state index contributed by atoms with van der Waals surface area (Å²) >= 11 is 0. The topological polar surface area (TPSA) is 111 Å². The van der Waals surface area contributed by atoms with E-state index in [2.05, 4.69) is 24.9 Å². The minimum atomic E-state index is -3.75. The van der Waals surface area contributed by atoms with Gasteiger partial charge in [0.1, 0.15) is 11.9 Å². The normalized spacial score (nSPS) is 14.5. The van der Waals surface area contributed by atoms with Crippen LogP contribution in [-0.4, -0.2) is 44.6 Å². The SMILES string of the molecule is Cc1cc(N2CCCCC2)nc(NCCNS(=O)(=O)c2ccccc2C#N)n1. The molecule has 0 unspecified atom stereocenters. The summed E-state index contributed by atoms with van der Waals surface area (Å²) in [7, 11) is -3.75. The average Bonchev–Trinajstić information content (AvgIpc) is 2.71. The Kier molecular flexibility index (Phi) is 6.44. The lowest BCUT2D eigenvalue weighted by molar-refractivity contribution is 0.573. The van der Waals surface area contributed by atoms with Gasteiger partial charge in [-0.3, -0.25) is 0 Å². The number of sulfonamides is 1. The molecule has 0 aliphatic carbocycles. The van der Waals surface area contributed by atoms with Crippen LogP contribution in [0.4, 0.5) is 11.8 Å². The van der Waals surface area contributed by atoms with Gasteiger partial charge in [0.15, 0.2) is 0 Å². The average molecular weight is 401 g/mol. The van der Waals surface area contributed by atoms with E-state index in [1.807, 2.05) is 19.1 Å². The standard InChI is InChI=1S/C19H24N6O2S/c1-15-13-18(25-11-5-2-6-12-25)24-19(23-15)21-9-10-22-28(26,27)17-8-4-3-7-16(17)14-20/h3-4,7-8,13,22H,2,5-6,9-12H2,1H3,(H,21,23,24). The quantitative estimate of drug-likeness (QED) is 0.684. The fourth-order valence-corrected chi connectivity index (χ4v) is 4.33. The molecule has 0 atom stereocenters. The van der Waals surface area contributed by atoms with E-state index in [1.165, 1.54) is 18.6 Å². The smallest absolute Gasteiger partial charge is 0.241 e. The molecule has 2 heterocycles. The first-order valence-electron chi connectivity index (χ1n) is 9.33. The Labute approximate surface area is 165 Å². The Hall–Kier alpha value is -2.70. The number of piperidine rings is 1. The monoisotopic (exact) mass is 400 g/mol. The number of aromatic nitrogens is 2. The third kappa shape index (κ3) is 4.97. The summed E-state index contributed by atoms with van der Waals surface area (Å²) in [6, 6.07) is 10.0.